The van der Waals surface area contributed by atoms with Gasteiger partial charge in [0, 0.05) is 7.11 Å². The van der Waals surface area contributed by atoms with Crippen LogP contribution < -0.4 is 0 Å². The highest BCUT2D eigenvalue weighted by Gasteiger charge is 2.44. The standard InChI is InChI=1S/C17H18O3S/c1-19-17(16(18)20-13-21-2,14-9-5-3-6-10-14)15-11-7-4-8-12-15/h3-12H,13H2,1-2H3. The van der Waals surface area contributed by atoms with Crippen molar-refractivity contribution in [2.24, 2.45) is 0 Å². The fourth-order valence-corrected chi connectivity index (χ4v) is 2.51. The minimum absolute atomic E-state index is 0.295. The van der Waals surface area contributed by atoms with Crippen molar-refractivity contribution in [3.05, 3.63) is 71.8 Å². The van der Waals surface area contributed by atoms with Crippen molar-refractivity contribution < 1.29 is 14.3 Å². The topological polar surface area (TPSA) is 35.5 Å². The number of thioether (sulfide) groups is 1. The fourth-order valence-electron chi connectivity index (χ4n) is 2.28. The molecule has 0 N–H and O–H groups in total. The average molecular weight is 302 g/mol. The van der Waals surface area contributed by atoms with Crippen molar-refractivity contribution in [2.75, 3.05) is 19.3 Å². The minimum atomic E-state index is -1.24. The lowest BCUT2D eigenvalue weighted by Crippen LogP contribution is -2.40. The van der Waals surface area contributed by atoms with Gasteiger partial charge in [0.25, 0.3) is 0 Å². The molecule has 2 aromatic carbocycles. The van der Waals surface area contributed by atoms with E-state index in [0.717, 1.165) is 11.1 Å². The summed E-state index contributed by atoms with van der Waals surface area (Å²) < 4.78 is 11.0. The van der Waals surface area contributed by atoms with E-state index < -0.39 is 11.6 Å². The first-order valence-electron chi connectivity index (χ1n) is 6.58. The molecule has 0 atom stereocenters. The Labute approximate surface area is 129 Å². The van der Waals surface area contributed by atoms with Gasteiger partial charge in [0.05, 0.1) is 0 Å². The monoisotopic (exact) mass is 302 g/mol. The van der Waals surface area contributed by atoms with Gasteiger partial charge < -0.3 is 9.47 Å². The maximum absolute atomic E-state index is 12.7. The quantitative estimate of drug-likeness (QED) is 0.605. The van der Waals surface area contributed by atoms with E-state index in [9.17, 15) is 4.79 Å². The third-order valence-corrected chi connectivity index (χ3v) is 3.62. The number of methoxy groups -OCH3 is 1. The molecule has 110 valence electrons. The number of rotatable bonds is 6. The van der Waals surface area contributed by atoms with Gasteiger partial charge in [0.1, 0.15) is 5.94 Å². The molecule has 0 saturated heterocycles. The number of hydrogen-bond donors (Lipinski definition) is 0. The Hall–Kier alpha value is -1.78. The zero-order valence-electron chi connectivity index (χ0n) is 12.1. The van der Waals surface area contributed by atoms with Crippen LogP contribution in [-0.4, -0.2) is 25.3 Å². The second-order valence-electron chi connectivity index (χ2n) is 4.46. The number of carbonyl (C=O) groups excluding carboxylic acids is 1. The molecule has 0 amide bonds. The summed E-state index contributed by atoms with van der Waals surface area (Å²) in [7, 11) is 1.53. The molecule has 0 aliphatic heterocycles. The highest BCUT2D eigenvalue weighted by molar-refractivity contribution is 7.98. The SMILES string of the molecule is COC(C(=O)OCSC)(c1ccccc1)c1ccccc1. The summed E-state index contributed by atoms with van der Waals surface area (Å²) in [5.74, 6) is -0.111. The van der Waals surface area contributed by atoms with E-state index in [4.69, 9.17) is 9.47 Å². The average Bonchev–Trinajstić information content (AvgIpc) is 2.56. The number of benzene rings is 2. The highest BCUT2D eigenvalue weighted by Crippen LogP contribution is 2.34. The normalized spacial score (nSPS) is 11.1. The second-order valence-corrected chi connectivity index (χ2v) is 5.27. The van der Waals surface area contributed by atoms with Crippen LogP contribution in [0, 0.1) is 0 Å². The van der Waals surface area contributed by atoms with Gasteiger partial charge in [-0.05, 0) is 17.4 Å². The molecule has 0 heterocycles. The van der Waals surface area contributed by atoms with E-state index in [0.29, 0.717) is 5.94 Å². The van der Waals surface area contributed by atoms with Gasteiger partial charge in [0.15, 0.2) is 0 Å². The highest BCUT2D eigenvalue weighted by atomic mass is 32.2. The van der Waals surface area contributed by atoms with Crippen molar-refractivity contribution in [3.8, 4) is 0 Å². The Balaban J connectivity index is 2.54. The maximum Gasteiger partial charge on any atom is 0.348 e. The van der Waals surface area contributed by atoms with Gasteiger partial charge in [-0.15, -0.1) is 11.8 Å². The van der Waals surface area contributed by atoms with Crippen LogP contribution in [0.1, 0.15) is 11.1 Å². The van der Waals surface area contributed by atoms with Gasteiger partial charge in [-0.1, -0.05) is 60.7 Å². The Morgan fingerprint density at radius 2 is 1.48 bits per heavy atom. The molecule has 21 heavy (non-hydrogen) atoms. The second kappa shape index (κ2) is 7.29. The van der Waals surface area contributed by atoms with Crippen LogP contribution in [-0.2, 0) is 19.9 Å². The molecule has 2 aromatic rings. The Kier molecular flexibility index (Phi) is 5.42. The summed E-state index contributed by atoms with van der Waals surface area (Å²) in [5, 5.41) is 0. The van der Waals surface area contributed by atoms with Crippen LogP contribution in [0.25, 0.3) is 0 Å². The summed E-state index contributed by atoms with van der Waals surface area (Å²) in [5.41, 5.74) is 0.271. The third-order valence-electron chi connectivity index (χ3n) is 3.26. The number of carbonyl (C=O) groups is 1. The van der Waals surface area contributed by atoms with Gasteiger partial charge in [0.2, 0.25) is 5.60 Å². The Morgan fingerprint density at radius 1 is 1.00 bits per heavy atom. The smallest absolute Gasteiger partial charge is 0.348 e. The predicted octanol–water partition coefficient (Wildman–Crippen LogP) is 3.44. The molecular formula is C17H18O3S. The van der Waals surface area contributed by atoms with Crippen LogP contribution in [0.5, 0.6) is 0 Å². The molecular weight excluding hydrogens is 284 g/mol. The zero-order chi connectivity index (χ0) is 15.1. The first-order chi connectivity index (χ1) is 10.3. The van der Waals surface area contributed by atoms with E-state index >= 15 is 0 Å². The number of hydrogen-bond acceptors (Lipinski definition) is 4. The van der Waals surface area contributed by atoms with Crippen molar-refractivity contribution in [1.82, 2.24) is 0 Å². The number of ether oxygens (including phenoxy) is 2. The first kappa shape index (κ1) is 15.6. The lowest BCUT2D eigenvalue weighted by atomic mass is 9.86. The summed E-state index contributed by atoms with van der Waals surface area (Å²) in [4.78, 5) is 12.7. The lowest BCUT2D eigenvalue weighted by molar-refractivity contribution is -0.163. The van der Waals surface area contributed by atoms with Gasteiger partial charge in [-0.25, -0.2) is 4.79 Å². The first-order valence-corrected chi connectivity index (χ1v) is 7.97. The minimum Gasteiger partial charge on any atom is -0.452 e. The Bertz CT molecular complexity index is 530. The lowest BCUT2D eigenvalue weighted by Gasteiger charge is -2.31. The van der Waals surface area contributed by atoms with Crippen molar-refractivity contribution in [1.29, 1.82) is 0 Å². The maximum atomic E-state index is 12.7. The Morgan fingerprint density at radius 3 is 1.86 bits per heavy atom. The molecule has 0 bridgehead atoms. The largest absolute Gasteiger partial charge is 0.452 e. The molecule has 3 nitrogen and oxygen atoms in total. The van der Waals surface area contributed by atoms with Crippen molar-refractivity contribution >= 4 is 17.7 Å². The summed E-state index contributed by atoms with van der Waals surface area (Å²) in [6.07, 6.45) is 1.88. The molecule has 0 aromatic heterocycles. The molecule has 0 spiro atoms. The van der Waals surface area contributed by atoms with Crippen LogP contribution >= 0.6 is 11.8 Å². The molecule has 4 heteroatoms. The van der Waals surface area contributed by atoms with Crippen LogP contribution in [0.3, 0.4) is 0 Å². The van der Waals surface area contributed by atoms with Crippen molar-refractivity contribution in [3.63, 3.8) is 0 Å². The fraction of sp³-hybridized carbons (Fsp3) is 0.235. The molecule has 0 fully saturated rings. The van der Waals surface area contributed by atoms with Gasteiger partial charge >= 0.3 is 5.97 Å². The van der Waals surface area contributed by atoms with E-state index in [1.165, 1.54) is 18.9 Å². The van der Waals surface area contributed by atoms with E-state index in [1.807, 2.05) is 66.9 Å². The molecule has 0 radical (unpaired) electrons. The molecule has 0 unspecified atom stereocenters. The van der Waals surface area contributed by atoms with Crippen LogP contribution in [0.15, 0.2) is 60.7 Å². The summed E-state index contributed by atoms with van der Waals surface area (Å²) >= 11 is 1.45. The van der Waals surface area contributed by atoms with Crippen LogP contribution in [0.4, 0.5) is 0 Å². The van der Waals surface area contributed by atoms with Crippen molar-refractivity contribution in [2.45, 2.75) is 5.60 Å². The van der Waals surface area contributed by atoms with Crippen LogP contribution in [0.2, 0.25) is 0 Å². The predicted molar refractivity (Wildman–Crippen MR) is 85.1 cm³/mol. The van der Waals surface area contributed by atoms with Gasteiger partial charge in [-0.2, -0.15) is 0 Å². The summed E-state index contributed by atoms with van der Waals surface area (Å²) in [6.45, 7) is 0. The molecule has 0 saturated carbocycles. The third kappa shape index (κ3) is 3.12. The van der Waals surface area contributed by atoms with Gasteiger partial charge in [-0.3, -0.25) is 0 Å². The summed E-state index contributed by atoms with van der Waals surface area (Å²) in [6, 6.07) is 18.8. The van der Waals surface area contributed by atoms with E-state index in [-0.39, 0.29) is 0 Å². The zero-order valence-corrected chi connectivity index (χ0v) is 12.9. The molecule has 0 aliphatic rings. The molecule has 2 rings (SSSR count). The molecule has 0 aliphatic carbocycles. The van der Waals surface area contributed by atoms with E-state index in [2.05, 4.69) is 0 Å². The van der Waals surface area contributed by atoms with E-state index in [1.54, 1.807) is 0 Å². The number of esters is 1.